The van der Waals surface area contributed by atoms with Gasteiger partial charge in [0.15, 0.2) is 0 Å². The van der Waals surface area contributed by atoms with Crippen LogP contribution in [0.25, 0.3) is 0 Å². The fraction of sp³-hybridized carbons (Fsp3) is 0.533. The summed E-state index contributed by atoms with van der Waals surface area (Å²) in [5.74, 6) is -0.305. The number of nitrogens with one attached hydrogen (secondary N) is 1. The number of amides is 1. The molecule has 1 aliphatic heterocycles. The number of nitrogens with zero attached hydrogens (tertiary/aromatic N) is 1. The minimum absolute atomic E-state index is 0.0192. The Morgan fingerprint density at radius 3 is 2.81 bits per heavy atom. The molecule has 0 aromatic heterocycles. The Morgan fingerprint density at radius 1 is 1.48 bits per heavy atom. The number of rotatable bonds is 2. The number of hydrogen-bond acceptors (Lipinski definition) is 3. The van der Waals surface area contributed by atoms with Gasteiger partial charge < -0.3 is 15.0 Å². The lowest BCUT2D eigenvalue weighted by Gasteiger charge is -2.24. The molecule has 1 saturated heterocycles. The van der Waals surface area contributed by atoms with Gasteiger partial charge in [-0.3, -0.25) is 0 Å². The summed E-state index contributed by atoms with van der Waals surface area (Å²) in [4.78, 5) is 13.6. The number of benzene rings is 1. The van der Waals surface area contributed by atoms with Crippen molar-refractivity contribution in [3.8, 4) is 0 Å². The Hall–Kier alpha value is -1.30. The number of halogens is 2. The maximum Gasteiger partial charge on any atom is 0.410 e. The van der Waals surface area contributed by atoms with E-state index in [1.165, 1.54) is 6.07 Å². The maximum absolute atomic E-state index is 13.8. The highest BCUT2D eigenvalue weighted by molar-refractivity contribution is 9.10. The Bertz CT molecular complexity index is 511. The quantitative estimate of drug-likeness (QED) is 0.868. The number of carbonyl (C=O) groups excluding carboxylic acids is 1. The van der Waals surface area contributed by atoms with Crippen LogP contribution in [-0.2, 0) is 4.74 Å². The molecular formula is C15H20BrFN2O2. The third kappa shape index (κ3) is 4.33. The smallest absolute Gasteiger partial charge is 0.410 e. The lowest BCUT2D eigenvalue weighted by molar-refractivity contribution is 0.0293. The molecule has 1 aliphatic rings. The largest absolute Gasteiger partial charge is 0.444 e. The minimum atomic E-state index is -0.503. The van der Waals surface area contributed by atoms with Gasteiger partial charge in [-0.2, -0.15) is 0 Å². The zero-order chi connectivity index (χ0) is 15.6. The van der Waals surface area contributed by atoms with Gasteiger partial charge in [0.2, 0.25) is 0 Å². The van der Waals surface area contributed by atoms with Crippen LogP contribution in [0.4, 0.5) is 14.9 Å². The summed E-state index contributed by atoms with van der Waals surface area (Å²) in [5, 5.41) is 3.15. The van der Waals surface area contributed by atoms with Crippen LogP contribution < -0.4 is 5.32 Å². The van der Waals surface area contributed by atoms with Crippen molar-refractivity contribution in [3.63, 3.8) is 0 Å². The van der Waals surface area contributed by atoms with Gasteiger partial charge in [0, 0.05) is 23.6 Å². The highest BCUT2D eigenvalue weighted by Crippen LogP contribution is 2.27. The molecule has 0 spiro atoms. The second-order valence-corrected chi connectivity index (χ2v) is 7.01. The lowest BCUT2D eigenvalue weighted by Crippen LogP contribution is -2.36. The molecule has 116 valence electrons. The molecule has 0 saturated carbocycles. The molecule has 6 heteroatoms. The Labute approximate surface area is 132 Å². The highest BCUT2D eigenvalue weighted by Gasteiger charge is 2.30. The topological polar surface area (TPSA) is 41.6 Å². The number of likely N-dealkylation sites (tertiary alicyclic amines) is 1. The van der Waals surface area contributed by atoms with Crippen molar-refractivity contribution in [1.82, 2.24) is 4.90 Å². The standard InChI is InChI=1S/C15H20BrFN2O2/c1-15(2,3)21-14(20)19-8-7-10(9-19)18-13-11(16)5-4-6-12(13)17/h4-6,10,18H,7-9H2,1-3H3. The predicted octanol–water partition coefficient (Wildman–Crippen LogP) is 4.01. The second-order valence-electron chi connectivity index (χ2n) is 6.15. The maximum atomic E-state index is 13.8. The van der Waals surface area contributed by atoms with Crippen molar-refractivity contribution >= 4 is 27.7 Å². The molecule has 21 heavy (non-hydrogen) atoms. The van der Waals surface area contributed by atoms with E-state index >= 15 is 0 Å². The molecule has 2 rings (SSSR count). The van der Waals surface area contributed by atoms with Crippen molar-refractivity contribution in [2.75, 3.05) is 18.4 Å². The fourth-order valence-corrected chi connectivity index (χ4v) is 2.67. The first-order valence-electron chi connectivity index (χ1n) is 6.95. The predicted molar refractivity (Wildman–Crippen MR) is 83.9 cm³/mol. The van der Waals surface area contributed by atoms with Gasteiger partial charge >= 0.3 is 6.09 Å². The van der Waals surface area contributed by atoms with Crippen LogP contribution >= 0.6 is 15.9 Å². The van der Waals surface area contributed by atoms with Gasteiger partial charge in [-0.15, -0.1) is 0 Å². The summed E-state index contributed by atoms with van der Waals surface area (Å²) in [5.41, 5.74) is -0.0644. The summed E-state index contributed by atoms with van der Waals surface area (Å²) < 4.78 is 19.8. The number of anilines is 1. The molecule has 1 aromatic carbocycles. The molecule has 1 fully saturated rings. The normalized spacial score (nSPS) is 18.7. The molecule has 4 nitrogen and oxygen atoms in total. The van der Waals surface area contributed by atoms with Crippen molar-refractivity contribution in [2.45, 2.75) is 38.8 Å². The van der Waals surface area contributed by atoms with Crippen LogP contribution in [0.5, 0.6) is 0 Å². The first-order valence-corrected chi connectivity index (χ1v) is 7.74. The third-order valence-electron chi connectivity index (χ3n) is 3.15. The number of carbonyl (C=O) groups is 1. The molecular weight excluding hydrogens is 339 g/mol. The Kier molecular flexibility index (Phi) is 4.76. The van der Waals surface area contributed by atoms with Gasteiger partial charge in [-0.05, 0) is 55.3 Å². The van der Waals surface area contributed by atoms with E-state index in [4.69, 9.17) is 4.74 Å². The van der Waals surface area contributed by atoms with E-state index in [9.17, 15) is 9.18 Å². The van der Waals surface area contributed by atoms with Gasteiger partial charge in [-0.1, -0.05) is 6.07 Å². The van der Waals surface area contributed by atoms with Crippen LogP contribution in [0, 0.1) is 5.82 Å². The number of hydrogen-bond donors (Lipinski definition) is 1. The summed E-state index contributed by atoms with van der Waals surface area (Å²) >= 11 is 3.33. The zero-order valence-electron chi connectivity index (χ0n) is 12.5. The van der Waals surface area contributed by atoms with Gasteiger partial charge in [0.25, 0.3) is 0 Å². The monoisotopic (exact) mass is 358 g/mol. The second kappa shape index (κ2) is 6.22. The molecule has 0 radical (unpaired) electrons. The zero-order valence-corrected chi connectivity index (χ0v) is 14.0. The van der Waals surface area contributed by atoms with Crippen LogP contribution in [0.1, 0.15) is 27.2 Å². The molecule has 1 heterocycles. The summed E-state index contributed by atoms with van der Waals surface area (Å²) in [6.45, 7) is 6.64. The third-order valence-corrected chi connectivity index (χ3v) is 3.81. The van der Waals surface area contributed by atoms with Crippen LogP contribution in [0.2, 0.25) is 0 Å². The fourth-order valence-electron chi connectivity index (χ4n) is 2.21. The molecule has 1 aromatic rings. The van der Waals surface area contributed by atoms with E-state index in [2.05, 4.69) is 21.2 Å². The molecule has 0 aliphatic carbocycles. The average molecular weight is 359 g/mol. The molecule has 1 atom stereocenters. The summed E-state index contributed by atoms with van der Waals surface area (Å²) in [6.07, 6.45) is 0.444. The summed E-state index contributed by atoms with van der Waals surface area (Å²) in [7, 11) is 0. The van der Waals surface area contributed by atoms with E-state index in [1.54, 1.807) is 17.0 Å². The van der Waals surface area contributed by atoms with Gasteiger partial charge in [0.1, 0.15) is 11.4 Å². The first-order chi connectivity index (χ1) is 9.76. The number of ether oxygens (including phenoxy) is 1. The van der Waals surface area contributed by atoms with Crippen molar-refractivity contribution in [3.05, 3.63) is 28.5 Å². The SMILES string of the molecule is CC(C)(C)OC(=O)N1CCC(Nc2c(F)cccc2Br)C1. The van der Waals surface area contributed by atoms with Gasteiger partial charge in [-0.25, -0.2) is 9.18 Å². The highest BCUT2D eigenvalue weighted by atomic mass is 79.9. The molecule has 0 bridgehead atoms. The van der Waals surface area contributed by atoms with Crippen molar-refractivity contribution in [2.24, 2.45) is 0 Å². The molecule has 1 N–H and O–H groups in total. The van der Waals surface area contributed by atoms with E-state index < -0.39 is 5.60 Å². The average Bonchev–Trinajstić information content (AvgIpc) is 2.80. The van der Waals surface area contributed by atoms with Crippen LogP contribution in [-0.4, -0.2) is 35.7 Å². The van der Waals surface area contributed by atoms with E-state index in [0.29, 0.717) is 23.2 Å². The van der Waals surface area contributed by atoms with E-state index in [1.807, 2.05) is 20.8 Å². The van der Waals surface area contributed by atoms with Crippen molar-refractivity contribution < 1.29 is 13.9 Å². The lowest BCUT2D eigenvalue weighted by atomic mass is 10.2. The van der Waals surface area contributed by atoms with E-state index in [-0.39, 0.29) is 18.0 Å². The van der Waals surface area contributed by atoms with Crippen LogP contribution in [0.3, 0.4) is 0 Å². The minimum Gasteiger partial charge on any atom is -0.444 e. The summed E-state index contributed by atoms with van der Waals surface area (Å²) in [6, 6.07) is 4.86. The number of para-hydroxylation sites is 1. The van der Waals surface area contributed by atoms with Crippen molar-refractivity contribution in [1.29, 1.82) is 0 Å². The Morgan fingerprint density at radius 2 is 2.19 bits per heavy atom. The van der Waals surface area contributed by atoms with Crippen LogP contribution in [0.15, 0.2) is 22.7 Å². The molecule has 1 amide bonds. The van der Waals surface area contributed by atoms with Gasteiger partial charge in [0.05, 0.1) is 5.69 Å². The first kappa shape index (κ1) is 16.1. The van der Waals surface area contributed by atoms with E-state index in [0.717, 1.165) is 6.42 Å². The Balaban J connectivity index is 1.95. The molecule has 1 unspecified atom stereocenters.